The average molecular weight is 296 g/mol. The minimum absolute atomic E-state index is 0.845. The maximum absolute atomic E-state index is 5.43. The second-order valence-corrected chi connectivity index (χ2v) is 5.99. The summed E-state index contributed by atoms with van der Waals surface area (Å²) in [5.74, 6) is 1.86. The molecule has 0 aromatic carbocycles. The van der Waals surface area contributed by atoms with Crippen LogP contribution in [0, 0.1) is 0 Å². The van der Waals surface area contributed by atoms with Gasteiger partial charge in [-0.25, -0.2) is 9.97 Å². The van der Waals surface area contributed by atoms with E-state index in [1.54, 1.807) is 6.26 Å². The summed E-state index contributed by atoms with van der Waals surface area (Å²) in [6.07, 6.45) is 8.10. The van der Waals surface area contributed by atoms with Crippen LogP contribution in [-0.2, 0) is 19.5 Å². The second-order valence-electron chi connectivity index (χ2n) is 5.99. The van der Waals surface area contributed by atoms with E-state index >= 15 is 0 Å². The normalized spacial score (nSPS) is 18.8. The molecule has 0 fully saturated rings. The minimum atomic E-state index is 0.845. The molecule has 2 aliphatic heterocycles. The number of aromatic nitrogens is 2. The zero-order valence-electron chi connectivity index (χ0n) is 12.7. The first-order chi connectivity index (χ1) is 10.9. The molecule has 2 aromatic heterocycles. The van der Waals surface area contributed by atoms with E-state index in [9.17, 15) is 0 Å². The molecule has 0 N–H and O–H groups in total. The van der Waals surface area contributed by atoms with E-state index < -0.39 is 0 Å². The molecule has 5 nitrogen and oxygen atoms in total. The summed E-state index contributed by atoms with van der Waals surface area (Å²) in [7, 11) is 0. The Morgan fingerprint density at radius 2 is 2.23 bits per heavy atom. The molecule has 5 heteroatoms. The summed E-state index contributed by atoms with van der Waals surface area (Å²) in [5.41, 5.74) is 3.51. The molecule has 0 spiro atoms. The number of aliphatic imine (C=N–C) groups is 1. The van der Waals surface area contributed by atoms with Crippen LogP contribution in [0.2, 0.25) is 0 Å². The van der Waals surface area contributed by atoms with Crippen LogP contribution in [0.25, 0.3) is 0 Å². The van der Waals surface area contributed by atoms with Gasteiger partial charge in [0.25, 0.3) is 0 Å². The Kier molecular flexibility index (Phi) is 3.72. The standard InChI is InChI=1S/C17H20N4O/c1-2-7-18-16(5-1)17-19-10-13-11-21(8-6-15(13)20-17)12-14-4-3-9-22-14/h3-4,9-10H,1-2,5-8,11-12H2. The second kappa shape index (κ2) is 6.01. The number of rotatable bonds is 3. The smallest absolute Gasteiger partial charge is 0.173 e. The topological polar surface area (TPSA) is 54.5 Å². The highest BCUT2D eigenvalue weighted by Crippen LogP contribution is 2.20. The Hall–Kier alpha value is -2.01. The van der Waals surface area contributed by atoms with Gasteiger partial charge in [-0.15, -0.1) is 0 Å². The van der Waals surface area contributed by atoms with Gasteiger partial charge in [-0.2, -0.15) is 0 Å². The van der Waals surface area contributed by atoms with Crippen molar-refractivity contribution in [2.45, 2.75) is 38.8 Å². The van der Waals surface area contributed by atoms with Crippen LogP contribution in [0.15, 0.2) is 34.0 Å². The Morgan fingerprint density at radius 3 is 3.05 bits per heavy atom. The molecular weight excluding hydrogens is 276 g/mol. The van der Waals surface area contributed by atoms with Crippen LogP contribution in [0.4, 0.5) is 0 Å². The third-order valence-electron chi connectivity index (χ3n) is 4.36. The summed E-state index contributed by atoms with van der Waals surface area (Å²) in [6.45, 7) is 3.67. The van der Waals surface area contributed by atoms with Crippen LogP contribution < -0.4 is 0 Å². The summed E-state index contributed by atoms with van der Waals surface area (Å²) >= 11 is 0. The van der Waals surface area contributed by atoms with Crippen molar-refractivity contribution in [3.63, 3.8) is 0 Å². The van der Waals surface area contributed by atoms with Gasteiger partial charge >= 0.3 is 0 Å². The van der Waals surface area contributed by atoms with Gasteiger partial charge in [-0.1, -0.05) is 0 Å². The van der Waals surface area contributed by atoms with Crippen molar-refractivity contribution >= 4 is 5.71 Å². The zero-order chi connectivity index (χ0) is 14.8. The van der Waals surface area contributed by atoms with Crippen LogP contribution in [0.5, 0.6) is 0 Å². The molecule has 0 amide bonds. The maximum Gasteiger partial charge on any atom is 0.173 e. The van der Waals surface area contributed by atoms with Gasteiger partial charge in [-0.3, -0.25) is 9.89 Å². The summed E-state index contributed by atoms with van der Waals surface area (Å²) in [4.78, 5) is 16.3. The summed E-state index contributed by atoms with van der Waals surface area (Å²) < 4.78 is 5.43. The van der Waals surface area contributed by atoms with Gasteiger partial charge < -0.3 is 4.42 Å². The van der Waals surface area contributed by atoms with Crippen LogP contribution in [0.1, 0.15) is 42.1 Å². The van der Waals surface area contributed by atoms with E-state index in [4.69, 9.17) is 9.40 Å². The Balaban J connectivity index is 1.50. The first kappa shape index (κ1) is 13.6. The third-order valence-corrected chi connectivity index (χ3v) is 4.36. The van der Waals surface area contributed by atoms with Crippen molar-refractivity contribution < 1.29 is 4.42 Å². The number of hydrogen-bond acceptors (Lipinski definition) is 5. The van der Waals surface area contributed by atoms with Gasteiger partial charge in [0.1, 0.15) is 5.76 Å². The quantitative estimate of drug-likeness (QED) is 0.873. The molecule has 22 heavy (non-hydrogen) atoms. The fourth-order valence-electron chi connectivity index (χ4n) is 3.15. The highest BCUT2D eigenvalue weighted by Gasteiger charge is 2.20. The van der Waals surface area contributed by atoms with E-state index in [2.05, 4.69) is 14.9 Å². The van der Waals surface area contributed by atoms with Crippen molar-refractivity contribution in [2.75, 3.05) is 13.1 Å². The largest absolute Gasteiger partial charge is 0.468 e. The Morgan fingerprint density at radius 1 is 1.23 bits per heavy atom. The first-order valence-electron chi connectivity index (χ1n) is 8.02. The van der Waals surface area contributed by atoms with E-state index in [1.165, 1.54) is 24.1 Å². The molecule has 0 saturated carbocycles. The molecule has 0 aliphatic carbocycles. The van der Waals surface area contributed by atoms with Crippen molar-refractivity contribution in [3.05, 3.63) is 47.4 Å². The Labute approximate surface area is 130 Å². The minimum Gasteiger partial charge on any atom is -0.468 e. The fraction of sp³-hybridized carbons (Fsp3) is 0.471. The highest BCUT2D eigenvalue weighted by atomic mass is 16.3. The fourth-order valence-corrected chi connectivity index (χ4v) is 3.15. The SMILES string of the molecule is c1coc(CN2CCc3nc(C4=NCCCC4)ncc3C2)c1. The number of furan rings is 1. The van der Waals surface area contributed by atoms with Crippen LogP contribution in [-0.4, -0.2) is 33.7 Å². The van der Waals surface area contributed by atoms with Gasteiger partial charge in [0, 0.05) is 37.8 Å². The molecule has 114 valence electrons. The van der Waals surface area contributed by atoms with Gasteiger partial charge in [0.2, 0.25) is 0 Å². The van der Waals surface area contributed by atoms with Crippen LogP contribution >= 0.6 is 0 Å². The summed E-state index contributed by atoms with van der Waals surface area (Å²) in [6, 6.07) is 3.96. The average Bonchev–Trinajstić information content (AvgIpc) is 3.08. The zero-order valence-corrected chi connectivity index (χ0v) is 12.7. The predicted octanol–water partition coefficient (Wildman–Crippen LogP) is 2.60. The highest BCUT2D eigenvalue weighted by molar-refractivity contribution is 5.97. The molecule has 0 saturated heterocycles. The molecule has 2 aliphatic rings. The number of hydrogen-bond donors (Lipinski definition) is 0. The number of nitrogens with zero attached hydrogens (tertiary/aromatic N) is 4. The molecule has 0 atom stereocenters. The molecule has 4 heterocycles. The third kappa shape index (κ3) is 2.81. The van der Waals surface area contributed by atoms with E-state index in [-0.39, 0.29) is 0 Å². The van der Waals surface area contributed by atoms with Crippen molar-refractivity contribution in [2.24, 2.45) is 4.99 Å². The first-order valence-corrected chi connectivity index (χ1v) is 8.02. The Bertz CT molecular complexity index is 678. The molecule has 2 aromatic rings. The molecule has 0 unspecified atom stereocenters. The molecular formula is C17H20N4O. The van der Waals surface area contributed by atoms with Gasteiger partial charge in [-0.05, 0) is 31.4 Å². The number of fused-ring (bicyclic) bond motifs is 1. The lowest BCUT2D eigenvalue weighted by Gasteiger charge is -2.27. The lowest BCUT2D eigenvalue weighted by Crippen LogP contribution is -2.31. The van der Waals surface area contributed by atoms with E-state index in [0.717, 1.165) is 56.3 Å². The lowest BCUT2D eigenvalue weighted by atomic mass is 10.1. The van der Waals surface area contributed by atoms with Crippen LogP contribution in [0.3, 0.4) is 0 Å². The van der Waals surface area contributed by atoms with E-state index in [1.807, 2.05) is 18.3 Å². The monoisotopic (exact) mass is 296 g/mol. The molecule has 0 radical (unpaired) electrons. The van der Waals surface area contributed by atoms with E-state index in [0.29, 0.717) is 0 Å². The van der Waals surface area contributed by atoms with Crippen molar-refractivity contribution in [1.29, 1.82) is 0 Å². The maximum atomic E-state index is 5.43. The molecule has 4 rings (SSSR count). The molecule has 0 bridgehead atoms. The summed E-state index contributed by atoms with van der Waals surface area (Å²) in [5, 5.41) is 0. The van der Waals surface area contributed by atoms with Crippen molar-refractivity contribution in [3.8, 4) is 0 Å². The van der Waals surface area contributed by atoms with Crippen molar-refractivity contribution in [1.82, 2.24) is 14.9 Å². The van der Waals surface area contributed by atoms with Gasteiger partial charge in [0.15, 0.2) is 5.82 Å². The lowest BCUT2D eigenvalue weighted by molar-refractivity contribution is 0.223. The van der Waals surface area contributed by atoms with Gasteiger partial charge in [0.05, 0.1) is 24.2 Å². The predicted molar refractivity (Wildman–Crippen MR) is 83.8 cm³/mol.